The van der Waals surface area contributed by atoms with Gasteiger partial charge in [0, 0.05) is 74.0 Å². The molecule has 192 valence electrons. The number of nitrogens with zero attached hydrogens (tertiary/aromatic N) is 5. The number of likely N-dealkylation sites (tertiary alicyclic amines) is 1. The first kappa shape index (κ1) is 25.5. The number of imidazole rings is 1. The van der Waals surface area contributed by atoms with E-state index < -0.39 is 0 Å². The SMILES string of the molecule is CC[C@H]1CN(c2ncc(-c3ncc[nH]3)cc2Cl)CCN1C1CCN([C@@H](CO)c2ccc(Cl)cc2)CC1. The molecule has 0 unspecified atom stereocenters. The third-order valence-electron chi connectivity index (χ3n) is 7.73. The van der Waals surface area contributed by atoms with Crippen LogP contribution in [-0.2, 0) is 0 Å². The smallest absolute Gasteiger partial charge is 0.147 e. The molecule has 2 aliphatic rings. The number of aliphatic hydroxyl groups excluding tert-OH is 1. The molecule has 9 heteroatoms. The Morgan fingerprint density at radius 2 is 1.86 bits per heavy atom. The van der Waals surface area contributed by atoms with Gasteiger partial charge in [-0.3, -0.25) is 9.80 Å². The molecule has 3 aromatic rings. The molecule has 2 fully saturated rings. The molecular formula is C27H34Cl2N6O. The molecule has 2 aliphatic heterocycles. The number of piperazine rings is 1. The van der Waals surface area contributed by atoms with Crippen LogP contribution < -0.4 is 4.90 Å². The van der Waals surface area contributed by atoms with E-state index in [4.69, 9.17) is 28.2 Å². The van der Waals surface area contributed by atoms with E-state index in [2.05, 4.69) is 31.6 Å². The summed E-state index contributed by atoms with van der Waals surface area (Å²) in [4.78, 5) is 19.6. The van der Waals surface area contributed by atoms with Gasteiger partial charge in [-0.25, -0.2) is 9.97 Å². The predicted molar refractivity (Wildman–Crippen MR) is 146 cm³/mol. The van der Waals surface area contributed by atoms with E-state index >= 15 is 0 Å². The minimum atomic E-state index is 0.0272. The van der Waals surface area contributed by atoms with Gasteiger partial charge in [-0.2, -0.15) is 0 Å². The molecule has 5 rings (SSSR count). The summed E-state index contributed by atoms with van der Waals surface area (Å²) in [7, 11) is 0. The number of aliphatic hydroxyl groups is 1. The maximum absolute atomic E-state index is 10.1. The summed E-state index contributed by atoms with van der Waals surface area (Å²) in [6.45, 7) is 7.19. The van der Waals surface area contributed by atoms with Crippen LogP contribution in [-0.4, -0.2) is 81.3 Å². The number of aromatic nitrogens is 3. The van der Waals surface area contributed by atoms with Crippen LogP contribution >= 0.6 is 23.2 Å². The number of pyridine rings is 1. The largest absolute Gasteiger partial charge is 0.394 e. The first-order valence-corrected chi connectivity index (χ1v) is 13.6. The lowest BCUT2D eigenvalue weighted by molar-refractivity contribution is 0.0356. The molecule has 2 saturated heterocycles. The number of hydrogen-bond donors (Lipinski definition) is 2. The van der Waals surface area contributed by atoms with Crippen molar-refractivity contribution in [1.29, 1.82) is 0 Å². The van der Waals surface area contributed by atoms with Gasteiger partial charge >= 0.3 is 0 Å². The molecular weight excluding hydrogens is 495 g/mol. The van der Waals surface area contributed by atoms with Crippen molar-refractivity contribution in [2.24, 2.45) is 0 Å². The number of piperidine rings is 1. The summed E-state index contributed by atoms with van der Waals surface area (Å²) < 4.78 is 0. The number of halogens is 2. The Balaban J connectivity index is 1.21. The average Bonchev–Trinajstić information content (AvgIpc) is 3.45. The first-order valence-electron chi connectivity index (χ1n) is 12.8. The number of hydrogen-bond acceptors (Lipinski definition) is 6. The van der Waals surface area contributed by atoms with Crippen LogP contribution in [0.15, 0.2) is 48.9 Å². The van der Waals surface area contributed by atoms with Gasteiger partial charge < -0.3 is 15.0 Å². The highest BCUT2D eigenvalue weighted by atomic mass is 35.5. The van der Waals surface area contributed by atoms with E-state index in [1.807, 2.05) is 36.5 Å². The highest BCUT2D eigenvalue weighted by Gasteiger charge is 2.35. The van der Waals surface area contributed by atoms with Gasteiger partial charge in [-0.15, -0.1) is 0 Å². The maximum atomic E-state index is 10.1. The summed E-state index contributed by atoms with van der Waals surface area (Å²) in [6.07, 6.45) is 8.68. The van der Waals surface area contributed by atoms with E-state index in [1.54, 1.807) is 12.4 Å². The monoisotopic (exact) mass is 528 g/mol. The quantitative estimate of drug-likeness (QED) is 0.455. The molecule has 2 aromatic heterocycles. The molecule has 0 radical (unpaired) electrons. The van der Waals surface area contributed by atoms with E-state index in [0.717, 1.165) is 79.8 Å². The normalized spacial score (nSPS) is 21.1. The number of nitrogens with one attached hydrogen (secondary N) is 1. The lowest BCUT2D eigenvalue weighted by Gasteiger charge is -2.48. The Labute approximate surface area is 223 Å². The average molecular weight is 530 g/mol. The topological polar surface area (TPSA) is 71.5 Å². The maximum Gasteiger partial charge on any atom is 0.147 e. The molecule has 4 heterocycles. The molecule has 0 spiro atoms. The standard InChI is InChI=1S/C27H34Cl2N6O/c1-2-22-17-34(27-24(29)15-20(16-32-27)26-30-9-10-31-26)13-14-35(22)23-7-11-33(12-8-23)25(18-36)19-3-5-21(28)6-4-19/h3-6,9-10,15-16,22-23,25,36H,2,7-8,11-14,17-18H2,1H3,(H,30,31)/t22-,25-/m0/s1. The Hall–Kier alpha value is -2.16. The molecule has 2 N–H and O–H groups in total. The van der Waals surface area contributed by atoms with E-state index in [0.29, 0.717) is 17.1 Å². The summed E-state index contributed by atoms with van der Waals surface area (Å²) in [6, 6.07) is 10.9. The van der Waals surface area contributed by atoms with Gasteiger partial charge in [-0.1, -0.05) is 42.3 Å². The second-order valence-corrected chi connectivity index (χ2v) is 10.6. The van der Waals surface area contributed by atoms with E-state index in [9.17, 15) is 5.11 Å². The zero-order valence-electron chi connectivity index (χ0n) is 20.7. The first-order chi connectivity index (χ1) is 17.6. The Bertz CT molecular complexity index is 1120. The third kappa shape index (κ3) is 5.41. The van der Waals surface area contributed by atoms with Crippen LogP contribution in [0.5, 0.6) is 0 Å². The molecule has 0 saturated carbocycles. The molecule has 1 aromatic carbocycles. The van der Waals surface area contributed by atoms with Crippen LogP contribution in [0.25, 0.3) is 11.4 Å². The Morgan fingerprint density at radius 3 is 2.50 bits per heavy atom. The molecule has 7 nitrogen and oxygen atoms in total. The number of anilines is 1. The number of rotatable bonds is 7. The van der Waals surface area contributed by atoms with Gasteiger partial charge in [0.2, 0.25) is 0 Å². The van der Waals surface area contributed by atoms with Crippen molar-refractivity contribution < 1.29 is 5.11 Å². The predicted octanol–water partition coefficient (Wildman–Crippen LogP) is 4.88. The van der Waals surface area contributed by atoms with E-state index in [1.165, 1.54) is 0 Å². The van der Waals surface area contributed by atoms with Crippen molar-refractivity contribution in [3.05, 3.63) is 64.5 Å². The fourth-order valence-corrected chi connectivity index (χ4v) is 6.18. The second kappa shape index (κ2) is 11.5. The van der Waals surface area contributed by atoms with Crippen molar-refractivity contribution in [3.8, 4) is 11.4 Å². The number of aromatic amines is 1. The highest BCUT2D eigenvalue weighted by Crippen LogP contribution is 2.32. The van der Waals surface area contributed by atoms with Gasteiger partial charge in [0.05, 0.1) is 17.7 Å². The van der Waals surface area contributed by atoms with Crippen molar-refractivity contribution in [1.82, 2.24) is 24.8 Å². The highest BCUT2D eigenvalue weighted by molar-refractivity contribution is 6.33. The van der Waals surface area contributed by atoms with Crippen LogP contribution in [0.4, 0.5) is 5.82 Å². The second-order valence-electron chi connectivity index (χ2n) is 9.73. The molecule has 36 heavy (non-hydrogen) atoms. The molecule has 2 atom stereocenters. The summed E-state index contributed by atoms with van der Waals surface area (Å²) >= 11 is 12.7. The molecule has 0 bridgehead atoms. The summed E-state index contributed by atoms with van der Waals surface area (Å²) in [5, 5.41) is 11.5. The van der Waals surface area contributed by atoms with Crippen molar-refractivity contribution in [2.75, 3.05) is 44.2 Å². The van der Waals surface area contributed by atoms with Gasteiger partial charge in [0.1, 0.15) is 11.6 Å². The van der Waals surface area contributed by atoms with Gasteiger partial charge in [0.25, 0.3) is 0 Å². The van der Waals surface area contributed by atoms with Gasteiger partial charge in [-0.05, 0) is 43.0 Å². The van der Waals surface area contributed by atoms with E-state index in [-0.39, 0.29) is 12.6 Å². The fourth-order valence-electron chi connectivity index (χ4n) is 5.77. The zero-order valence-corrected chi connectivity index (χ0v) is 22.2. The Morgan fingerprint density at radius 1 is 1.08 bits per heavy atom. The van der Waals surface area contributed by atoms with Crippen molar-refractivity contribution in [2.45, 2.75) is 44.3 Å². The summed E-state index contributed by atoms with van der Waals surface area (Å²) in [5.41, 5.74) is 2.02. The van der Waals surface area contributed by atoms with Crippen molar-refractivity contribution >= 4 is 29.0 Å². The number of H-pyrrole nitrogens is 1. The van der Waals surface area contributed by atoms with Crippen molar-refractivity contribution in [3.63, 3.8) is 0 Å². The molecule has 0 aliphatic carbocycles. The third-order valence-corrected chi connectivity index (χ3v) is 8.26. The Kier molecular flexibility index (Phi) is 8.13. The molecule has 0 amide bonds. The van der Waals surface area contributed by atoms with Crippen LogP contribution in [0.1, 0.15) is 37.8 Å². The minimum absolute atomic E-state index is 0.0272. The number of benzene rings is 1. The van der Waals surface area contributed by atoms with Crippen LogP contribution in [0, 0.1) is 0 Å². The van der Waals surface area contributed by atoms with Gasteiger partial charge in [0.15, 0.2) is 0 Å². The van der Waals surface area contributed by atoms with Crippen LogP contribution in [0.2, 0.25) is 10.0 Å². The van der Waals surface area contributed by atoms with Crippen LogP contribution in [0.3, 0.4) is 0 Å². The minimum Gasteiger partial charge on any atom is -0.394 e. The fraction of sp³-hybridized carbons (Fsp3) is 0.481. The lowest BCUT2D eigenvalue weighted by atomic mass is 9.96. The zero-order chi connectivity index (χ0) is 25.1. The summed E-state index contributed by atoms with van der Waals surface area (Å²) in [5.74, 6) is 1.63. The lowest BCUT2D eigenvalue weighted by Crippen LogP contribution is -2.58.